The molecule has 6 rings (SSSR count). The number of aromatic nitrogens is 1. The predicted octanol–water partition coefficient (Wildman–Crippen LogP) is 8.75. The lowest BCUT2D eigenvalue weighted by Gasteiger charge is -2.26. The van der Waals surface area contributed by atoms with Crippen LogP contribution < -0.4 is 9.47 Å². The van der Waals surface area contributed by atoms with E-state index < -0.39 is 0 Å². The molecule has 5 aromatic rings. The number of thiazole rings is 1. The van der Waals surface area contributed by atoms with Crippen LogP contribution in [0, 0.1) is 0 Å². The molecule has 0 unspecified atom stereocenters. The topological polar surface area (TPSA) is 7.12 Å². The number of fused-ring (bicyclic) bond motifs is 2. The molecule has 1 aliphatic rings. The average molecular weight is 648 g/mol. The summed E-state index contributed by atoms with van der Waals surface area (Å²) in [6.07, 6.45) is 4.76. The number of anilines is 1. The minimum Gasteiger partial charge on any atom is -0.335 e. The molecule has 0 spiro atoms. The van der Waals surface area contributed by atoms with E-state index in [-0.39, 0.29) is 0 Å². The monoisotopic (exact) mass is 647 g/mol. The molecule has 0 N–H and O–H groups in total. The van der Waals surface area contributed by atoms with Crippen LogP contribution in [0.4, 0.5) is 5.69 Å². The Kier molecular flexibility index (Phi) is 8.89. The Balaban J connectivity index is 1.40. The van der Waals surface area contributed by atoms with Crippen molar-refractivity contribution in [3.63, 3.8) is 0 Å². The molecule has 8 heteroatoms. The number of hydrogen-bond acceptors (Lipinski definition) is 5. The van der Waals surface area contributed by atoms with Gasteiger partial charge in [-0.05, 0) is 52.2 Å². The van der Waals surface area contributed by atoms with E-state index in [1.807, 2.05) is 45.8 Å². The van der Waals surface area contributed by atoms with E-state index in [1.54, 1.807) is 0 Å². The third kappa shape index (κ3) is 7.27. The van der Waals surface area contributed by atoms with Gasteiger partial charge in [0.05, 0.1) is 78.6 Å². The van der Waals surface area contributed by atoms with Gasteiger partial charge in [0, 0.05) is 33.7 Å². The highest BCUT2D eigenvalue weighted by molar-refractivity contribution is 8.03. The SMILES string of the molecule is C[N+](C)(C)CCCN1C(=Cc2sc3ccc(-c4cccs4)cc3[n+]2CCC[N+](C)(C)C)Sc2ccc(-c3cccs3)cc21. The van der Waals surface area contributed by atoms with Crippen LogP contribution in [0.25, 0.3) is 37.2 Å². The second kappa shape index (κ2) is 12.5. The molecule has 4 heterocycles. The smallest absolute Gasteiger partial charge is 0.265 e. The van der Waals surface area contributed by atoms with Crippen molar-refractivity contribution in [1.82, 2.24) is 0 Å². The van der Waals surface area contributed by atoms with Gasteiger partial charge in [-0.3, -0.25) is 0 Å². The van der Waals surface area contributed by atoms with E-state index in [0.29, 0.717) is 0 Å². The molecule has 0 atom stereocenters. The number of thioether (sulfide) groups is 1. The van der Waals surface area contributed by atoms with Crippen molar-refractivity contribution in [2.75, 3.05) is 66.8 Å². The second-order valence-corrected chi connectivity index (χ2v) is 17.4. The van der Waals surface area contributed by atoms with Crippen LogP contribution in [-0.4, -0.2) is 70.9 Å². The number of thiophene rings is 2. The normalized spacial score (nSPS) is 14.7. The summed E-state index contributed by atoms with van der Waals surface area (Å²) < 4.78 is 5.91. The summed E-state index contributed by atoms with van der Waals surface area (Å²) in [6.45, 7) is 4.33. The first-order chi connectivity index (χ1) is 20.5. The lowest BCUT2D eigenvalue weighted by Crippen LogP contribution is -2.41. The van der Waals surface area contributed by atoms with Crippen molar-refractivity contribution in [2.24, 2.45) is 0 Å². The summed E-state index contributed by atoms with van der Waals surface area (Å²) in [5.74, 6) is 0. The van der Waals surface area contributed by atoms with Gasteiger partial charge < -0.3 is 13.9 Å². The summed E-state index contributed by atoms with van der Waals surface area (Å²) in [7, 11) is 13.7. The van der Waals surface area contributed by atoms with Crippen LogP contribution in [0.5, 0.6) is 0 Å². The molecule has 0 radical (unpaired) electrons. The highest BCUT2D eigenvalue weighted by Crippen LogP contribution is 2.48. The van der Waals surface area contributed by atoms with E-state index in [0.717, 1.165) is 48.0 Å². The maximum absolute atomic E-state index is 2.59. The first kappa shape index (κ1) is 30.6. The van der Waals surface area contributed by atoms with Gasteiger partial charge in [0.2, 0.25) is 5.52 Å². The number of aryl methyl sites for hydroxylation is 1. The molecule has 0 bridgehead atoms. The van der Waals surface area contributed by atoms with Gasteiger partial charge in [0.15, 0.2) is 6.54 Å². The van der Waals surface area contributed by atoms with Gasteiger partial charge in [-0.2, -0.15) is 4.57 Å². The van der Waals surface area contributed by atoms with Crippen molar-refractivity contribution in [2.45, 2.75) is 24.3 Å². The lowest BCUT2D eigenvalue weighted by molar-refractivity contribution is -0.873. The Bertz CT molecular complexity index is 1720. The zero-order valence-electron chi connectivity index (χ0n) is 26.2. The fraction of sp³-hybridized carbons (Fsp3) is 0.343. The van der Waals surface area contributed by atoms with Crippen LogP contribution in [-0.2, 0) is 6.54 Å². The molecule has 0 aliphatic carbocycles. The minimum absolute atomic E-state index is 0.983. The summed E-state index contributed by atoms with van der Waals surface area (Å²) in [5.41, 5.74) is 5.32. The molecular formula is C35H43N4S4+3. The highest BCUT2D eigenvalue weighted by atomic mass is 32.2. The van der Waals surface area contributed by atoms with Crippen molar-refractivity contribution >= 4 is 67.8 Å². The standard InChI is InChI=1S/C35H43N4S4/c1-38(2,3)19-9-17-36-28-23-26(30-11-7-21-40-30)13-15-32(28)42-34(36)25-35-37(18-10-20-39(4,5)6)29-24-27(14-16-33(29)43-35)31-12-8-22-41-31/h7-8,11-16,21-25H,9-10,17-20H2,1-6H3/q+3. The molecule has 2 aromatic carbocycles. The lowest BCUT2D eigenvalue weighted by atomic mass is 10.1. The van der Waals surface area contributed by atoms with Crippen LogP contribution in [0.1, 0.15) is 17.8 Å². The van der Waals surface area contributed by atoms with Crippen molar-refractivity contribution < 1.29 is 13.5 Å². The number of nitrogens with zero attached hydrogens (tertiary/aromatic N) is 4. The van der Waals surface area contributed by atoms with E-state index >= 15 is 0 Å². The molecule has 43 heavy (non-hydrogen) atoms. The van der Waals surface area contributed by atoms with Crippen LogP contribution >= 0.6 is 45.8 Å². The molecule has 3 aromatic heterocycles. The van der Waals surface area contributed by atoms with Gasteiger partial charge in [-0.25, -0.2) is 0 Å². The number of benzene rings is 2. The van der Waals surface area contributed by atoms with E-state index in [9.17, 15) is 0 Å². The predicted molar refractivity (Wildman–Crippen MR) is 191 cm³/mol. The van der Waals surface area contributed by atoms with Crippen LogP contribution in [0.3, 0.4) is 0 Å². The Labute approximate surface area is 273 Å². The van der Waals surface area contributed by atoms with Gasteiger partial charge in [-0.1, -0.05) is 47.4 Å². The Morgan fingerprint density at radius 1 is 0.767 bits per heavy atom. The van der Waals surface area contributed by atoms with E-state index in [2.05, 4.69) is 129 Å². The highest BCUT2D eigenvalue weighted by Gasteiger charge is 2.29. The third-order valence-electron chi connectivity index (χ3n) is 7.74. The van der Waals surface area contributed by atoms with Gasteiger partial charge in [0.1, 0.15) is 4.70 Å². The van der Waals surface area contributed by atoms with Crippen molar-refractivity contribution in [3.05, 3.63) is 81.5 Å². The maximum atomic E-state index is 2.59. The molecular weight excluding hydrogens is 605 g/mol. The minimum atomic E-state index is 0.983. The molecule has 0 fully saturated rings. The number of quaternary nitrogens is 2. The number of hydrogen-bond donors (Lipinski definition) is 0. The van der Waals surface area contributed by atoms with Crippen molar-refractivity contribution in [3.8, 4) is 20.9 Å². The maximum Gasteiger partial charge on any atom is 0.265 e. The Hall–Kier alpha value is -2.46. The zero-order valence-corrected chi connectivity index (χ0v) is 29.4. The molecule has 0 amide bonds. The van der Waals surface area contributed by atoms with Gasteiger partial charge in [-0.15, -0.1) is 22.7 Å². The van der Waals surface area contributed by atoms with Crippen molar-refractivity contribution in [1.29, 1.82) is 0 Å². The fourth-order valence-electron chi connectivity index (χ4n) is 5.58. The second-order valence-electron chi connectivity index (χ2n) is 13.4. The Morgan fingerprint density at radius 3 is 2.07 bits per heavy atom. The van der Waals surface area contributed by atoms with E-state index in [4.69, 9.17) is 0 Å². The van der Waals surface area contributed by atoms with Crippen LogP contribution in [0.15, 0.2) is 81.3 Å². The fourth-order valence-corrected chi connectivity index (χ4v) is 9.32. The average Bonchev–Trinajstić information content (AvgIpc) is 3.75. The van der Waals surface area contributed by atoms with E-state index in [1.165, 1.54) is 51.7 Å². The summed E-state index contributed by atoms with van der Waals surface area (Å²) in [5, 5.41) is 7.02. The van der Waals surface area contributed by atoms with Gasteiger partial charge in [0.25, 0.3) is 5.01 Å². The largest absolute Gasteiger partial charge is 0.335 e. The quantitative estimate of drug-likeness (QED) is 0.105. The molecule has 224 valence electrons. The molecule has 0 saturated carbocycles. The number of rotatable bonds is 11. The first-order valence-corrected chi connectivity index (χ1v) is 18.4. The summed E-state index contributed by atoms with van der Waals surface area (Å²) in [4.78, 5) is 6.61. The molecule has 1 aliphatic heterocycles. The van der Waals surface area contributed by atoms with Gasteiger partial charge >= 0.3 is 0 Å². The summed E-state index contributed by atoms with van der Waals surface area (Å²) >= 11 is 7.49. The Morgan fingerprint density at radius 2 is 1.42 bits per heavy atom. The van der Waals surface area contributed by atoms with Crippen LogP contribution in [0.2, 0.25) is 0 Å². The zero-order chi connectivity index (χ0) is 30.2. The first-order valence-electron chi connectivity index (χ1n) is 15.0. The summed E-state index contributed by atoms with van der Waals surface area (Å²) in [6, 6.07) is 22.8. The molecule has 0 saturated heterocycles. The third-order valence-corrected chi connectivity index (χ3v) is 11.8. The molecule has 4 nitrogen and oxygen atoms in total.